The minimum absolute atomic E-state index is 0.0219. The van der Waals surface area contributed by atoms with Gasteiger partial charge in [-0.05, 0) is 32.9 Å². The van der Waals surface area contributed by atoms with Gasteiger partial charge < -0.3 is 9.47 Å². The van der Waals surface area contributed by atoms with E-state index >= 15 is 0 Å². The second-order valence-corrected chi connectivity index (χ2v) is 5.53. The van der Waals surface area contributed by atoms with Crippen molar-refractivity contribution in [3.63, 3.8) is 0 Å². The van der Waals surface area contributed by atoms with Gasteiger partial charge in [-0.2, -0.15) is 0 Å². The number of halogens is 1. The molecule has 0 spiro atoms. The van der Waals surface area contributed by atoms with E-state index in [1.54, 1.807) is 11.9 Å². The Morgan fingerprint density at radius 3 is 2.75 bits per heavy atom. The smallest absolute Gasteiger partial charge is 0.242 e. The Bertz CT molecular complexity index is 635. The molecule has 1 unspecified atom stereocenters. The number of hydrogen-bond acceptors (Lipinski definition) is 3. The van der Waals surface area contributed by atoms with Crippen LogP contribution in [0.2, 0.25) is 0 Å². The largest absolute Gasteiger partial charge is 0.344 e. The van der Waals surface area contributed by atoms with E-state index in [9.17, 15) is 4.79 Å². The SMILES string of the molecule is CCN(C)C(=O)Cn1c(C(C)Cl)nc2ccc(C)nc21. The molecule has 0 bridgehead atoms. The fourth-order valence-electron chi connectivity index (χ4n) is 2.01. The zero-order chi connectivity index (χ0) is 14.9. The molecule has 0 radical (unpaired) electrons. The number of imidazole rings is 1. The lowest BCUT2D eigenvalue weighted by atomic mass is 10.3. The summed E-state index contributed by atoms with van der Waals surface area (Å²) in [6, 6.07) is 3.81. The maximum absolute atomic E-state index is 12.2. The van der Waals surface area contributed by atoms with Crippen LogP contribution in [0.15, 0.2) is 12.1 Å². The first-order valence-corrected chi connectivity index (χ1v) is 7.09. The van der Waals surface area contributed by atoms with Gasteiger partial charge in [0.25, 0.3) is 0 Å². The maximum Gasteiger partial charge on any atom is 0.242 e. The summed E-state index contributed by atoms with van der Waals surface area (Å²) in [4.78, 5) is 22.8. The molecule has 2 aromatic rings. The topological polar surface area (TPSA) is 51.0 Å². The van der Waals surface area contributed by atoms with Crippen molar-refractivity contribution in [3.8, 4) is 0 Å². The fraction of sp³-hybridized carbons (Fsp3) is 0.500. The molecule has 0 fully saturated rings. The lowest BCUT2D eigenvalue weighted by Gasteiger charge is -2.16. The van der Waals surface area contributed by atoms with Crippen LogP contribution in [-0.4, -0.2) is 38.9 Å². The molecule has 108 valence electrons. The monoisotopic (exact) mass is 294 g/mol. The van der Waals surface area contributed by atoms with Crippen LogP contribution in [0.25, 0.3) is 11.2 Å². The van der Waals surface area contributed by atoms with Crippen LogP contribution < -0.4 is 0 Å². The number of amides is 1. The molecule has 0 aliphatic rings. The summed E-state index contributed by atoms with van der Waals surface area (Å²) in [5.41, 5.74) is 2.37. The molecule has 2 heterocycles. The molecule has 0 aliphatic heterocycles. The van der Waals surface area contributed by atoms with E-state index in [-0.39, 0.29) is 17.8 Å². The minimum Gasteiger partial charge on any atom is -0.344 e. The number of carbonyl (C=O) groups is 1. The Hall–Kier alpha value is -1.62. The van der Waals surface area contributed by atoms with Crippen molar-refractivity contribution >= 4 is 28.7 Å². The zero-order valence-corrected chi connectivity index (χ0v) is 13.0. The lowest BCUT2D eigenvalue weighted by Crippen LogP contribution is -2.30. The number of hydrogen-bond donors (Lipinski definition) is 0. The van der Waals surface area contributed by atoms with E-state index in [0.29, 0.717) is 18.0 Å². The van der Waals surface area contributed by atoms with Crippen molar-refractivity contribution in [2.24, 2.45) is 0 Å². The zero-order valence-electron chi connectivity index (χ0n) is 12.2. The molecule has 5 nitrogen and oxygen atoms in total. The van der Waals surface area contributed by atoms with Gasteiger partial charge in [0.2, 0.25) is 5.91 Å². The molecule has 0 saturated carbocycles. The highest BCUT2D eigenvalue weighted by Crippen LogP contribution is 2.23. The van der Waals surface area contributed by atoms with Gasteiger partial charge in [-0.25, -0.2) is 9.97 Å². The Labute approximate surface area is 123 Å². The summed E-state index contributed by atoms with van der Waals surface area (Å²) < 4.78 is 1.81. The van der Waals surface area contributed by atoms with Crippen LogP contribution in [0, 0.1) is 6.92 Å². The van der Waals surface area contributed by atoms with Crippen LogP contribution in [-0.2, 0) is 11.3 Å². The number of carbonyl (C=O) groups excluding carboxylic acids is 1. The van der Waals surface area contributed by atoms with E-state index in [2.05, 4.69) is 9.97 Å². The molecule has 1 atom stereocenters. The predicted octanol–water partition coefficient (Wildman–Crippen LogP) is 2.52. The van der Waals surface area contributed by atoms with Crippen LogP contribution in [0.5, 0.6) is 0 Å². The molecule has 0 aromatic carbocycles. The third kappa shape index (κ3) is 2.77. The normalized spacial score (nSPS) is 12.7. The molecule has 2 rings (SSSR count). The predicted molar refractivity (Wildman–Crippen MR) is 79.8 cm³/mol. The number of likely N-dealkylation sites (N-methyl/N-ethyl adjacent to an activating group) is 1. The number of alkyl halides is 1. The summed E-state index contributed by atoms with van der Waals surface area (Å²) in [5, 5.41) is -0.274. The Morgan fingerprint density at radius 2 is 2.15 bits per heavy atom. The highest BCUT2D eigenvalue weighted by molar-refractivity contribution is 6.20. The molecule has 0 aliphatic carbocycles. The van der Waals surface area contributed by atoms with E-state index < -0.39 is 0 Å². The van der Waals surface area contributed by atoms with Crippen LogP contribution in [0.1, 0.15) is 30.7 Å². The van der Waals surface area contributed by atoms with Crippen molar-refractivity contribution in [1.29, 1.82) is 0 Å². The quantitative estimate of drug-likeness (QED) is 0.814. The van der Waals surface area contributed by atoms with Gasteiger partial charge in [-0.1, -0.05) is 0 Å². The van der Waals surface area contributed by atoms with E-state index in [4.69, 9.17) is 11.6 Å². The summed E-state index contributed by atoms with van der Waals surface area (Å²) in [5.74, 6) is 0.700. The molecule has 20 heavy (non-hydrogen) atoms. The summed E-state index contributed by atoms with van der Waals surface area (Å²) in [6.45, 7) is 6.59. The van der Waals surface area contributed by atoms with Crippen molar-refractivity contribution < 1.29 is 4.79 Å². The number of aromatic nitrogens is 3. The molecule has 0 saturated heterocycles. The van der Waals surface area contributed by atoms with E-state index in [0.717, 1.165) is 11.2 Å². The van der Waals surface area contributed by atoms with Crippen molar-refractivity contribution in [1.82, 2.24) is 19.4 Å². The highest BCUT2D eigenvalue weighted by atomic mass is 35.5. The van der Waals surface area contributed by atoms with Gasteiger partial charge >= 0.3 is 0 Å². The Morgan fingerprint density at radius 1 is 1.45 bits per heavy atom. The molecule has 0 N–H and O–H groups in total. The van der Waals surface area contributed by atoms with Crippen LogP contribution in [0.3, 0.4) is 0 Å². The summed E-state index contributed by atoms with van der Waals surface area (Å²) >= 11 is 6.18. The number of fused-ring (bicyclic) bond motifs is 1. The van der Waals surface area contributed by atoms with Crippen molar-refractivity contribution in [2.45, 2.75) is 32.7 Å². The molecule has 2 aromatic heterocycles. The average Bonchev–Trinajstić information content (AvgIpc) is 2.76. The first kappa shape index (κ1) is 14.8. The number of aryl methyl sites for hydroxylation is 1. The summed E-state index contributed by atoms with van der Waals surface area (Å²) in [7, 11) is 1.78. The van der Waals surface area contributed by atoms with Gasteiger partial charge in [0, 0.05) is 19.3 Å². The highest BCUT2D eigenvalue weighted by Gasteiger charge is 2.19. The van der Waals surface area contributed by atoms with Crippen molar-refractivity contribution in [2.75, 3.05) is 13.6 Å². The Balaban J connectivity index is 2.50. The molecular formula is C14H19ClN4O. The van der Waals surface area contributed by atoms with Gasteiger partial charge in [0.05, 0.1) is 5.38 Å². The van der Waals surface area contributed by atoms with Crippen molar-refractivity contribution in [3.05, 3.63) is 23.7 Å². The molecule has 1 amide bonds. The second-order valence-electron chi connectivity index (χ2n) is 4.88. The molecule has 6 heteroatoms. The summed E-state index contributed by atoms with van der Waals surface area (Å²) in [6.07, 6.45) is 0. The number of nitrogens with zero attached hydrogens (tertiary/aromatic N) is 4. The average molecular weight is 295 g/mol. The minimum atomic E-state index is -0.274. The third-order valence-corrected chi connectivity index (χ3v) is 3.51. The van der Waals surface area contributed by atoms with Gasteiger partial charge in [-0.3, -0.25) is 4.79 Å². The lowest BCUT2D eigenvalue weighted by molar-refractivity contribution is -0.130. The fourth-order valence-corrected chi connectivity index (χ4v) is 2.17. The van der Waals surface area contributed by atoms with Gasteiger partial charge in [0.1, 0.15) is 17.9 Å². The van der Waals surface area contributed by atoms with E-state index in [1.807, 2.05) is 37.5 Å². The number of rotatable bonds is 4. The van der Waals surface area contributed by atoms with Crippen LogP contribution >= 0.6 is 11.6 Å². The standard InChI is InChI=1S/C14H19ClN4O/c1-5-18(4)12(20)8-19-13(10(3)15)17-11-7-6-9(2)16-14(11)19/h6-7,10H,5,8H2,1-4H3. The van der Waals surface area contributed by atoms with Gasteiger partial charge in [-0.15, -0.1) is 11.6 Å². The third-order valence-electron chi connectivity index (χ3n) is 3.31. The maximum atomic E-state index is 12.2. The first-order valence-electron chi connectivity index (χ1n) is 6.65. The van der Waals surface area contributed by atoms with Crippen LogP contribution in [0.4, 0.5) is 0 Å². The number of pyridine rings is 1. The molecular weight excluding hydrogens is 276 g/mol. The Kier molecular flexibility index (Phi) is 4.28. The van der Waals surface area contributed by atoms with E-state index in [1.165, 1.54) is 0 Å². The second kappa shape index (κ2) is 5.79. The first-order chi connectivity index (χ1) is 9.43. The van der Waals surface area contributed by atoms with Gasteiger partial charge in [0.15, 0.2) is 5.65 Å².